The number of likely N-dealkylation sites (N-methyl/N-ethyl adjacent to an activating group) is 1. The van der Waals surface area contributed by atoms with Crippen LogP contribution in [0.5, 0.6) is 5.75 Å². The van der Waals surface area contributed by atoms with E-state index in [-0.39, 0.29) is 18.4 Å². The van der Waals surface area contributed by atoms with Crippen molar-refractivity contribution in [1.82, 2.24) is 9.80 Å². The Kier molecular flexibility index (Phi) is 5.68. The van der Waals surface area contributed by atoms with E-state index in [1.165, 1.54) is 16.2 Å². The van der Waals surface area contributed by atoms with Crippen LogP contribution >= 0.6 is 11.3 Å². The molecule has 152 valence electrons. The highest BCUT2D eigenvalue weighted by atomic mass is 32.1. The molecule has 0 spiro atoms. The SMILES string of the molecule is COc1ccccc1CN1C(=O)C(c2cccs2)=C(N(C)Cc2ccccc2)C1=O. The molecule has 0 radical (unpaired) electrons. The van der Waals surface area contributed by atoms with E-state index < -0.39 is 0 Å². The van der Waals surface area contributed by atoms with E-state index in [1.54, 1.807) is 7.11 Å². The van der Waals surface area contributed by atoms with Crippen LogP contribution in [0.1, 0.15) is 16.0 Å². The minimum atomic E-state index is -0.285. The number of carbonyl (C=O) groups excluding carboxylic acids is 2. The van der Waals surface area contributed by atoms with E-state index in [0.29, 0.717) is 23.6 Å². The Labute approximate surface area is 179 Å². The molecule has 0 N–H and O–H groups in total. The first-order valence-electron chi connectivity index (χ1n) is 9.61. The van der Waals surface area contributed by atoms with Crippen LogP contribution in [0.4, 0.5) is 0 Å². The van der Waals surface area contributed by atoms with Gasteiger partial charge in [0.15, 0.2) is 0 Å². The van der Waals surface area contributed by atoms with Crippen molar-refractivity contribution in [2.45, 2.75) is 13.1 Å². The van der Waals surface area contributed by atoms with Crippen LogP contribution < -0.4 is 4.74 Å². The number of thiophene rings is 1. The van der Waals surface area contributed by atoms with Crippen molar-refractivity contribution in [2.24, 2.45) is 0 Å². The van der Waals surface area contributed by atoms with Crippen LogP contribution in [0.15, 0.2) is 77.8 Å². The molecule has 2 heterocycles. The van der Waals surface area contributed by atoms with Gasteiger partial charge in [-0.2, -0.15) is 0 Å². The van der Waals surface area contributed by atoms with Gasteiger partial charge in [0.25, 0.3) is 11.8 Å². The van der Waals surface area contributed by atoms with Crippen LogP contribution in [-0.2, 0) is 22.7 Å². The Hall–Kier alpha value is -3.38. The maximum absolute atomic E-state index is 13.4. The van der Waals surface area contributed by atoms with Crippen molar-refractivity contribution in [1.29, 1.82) is 0 Å². The van der Waals surface area contributed by atoms with Crippen LogP contribution in [0.2, 0.25) is 0 Å². The minimum Gasteiger partial charge on any atom is -0.496 e. The van der Waals surface area contributed by atoms with Gasteiger partial charge in [0.1, 0.15) is 11.4 Å². The predicted octanol–water partition coefficient (Wildman–Crippen LogP) is 4.17. The van der Waals surface area contributed by atoms with Gasteiger partial charge in [0.05, 0.1) is 19.2 Å². The van der Waals surface area contributed by atoms with Gasteiger partial charge in [-0.15, -0.1) is 11.3 Å². The molecule has 3 aromatic rings. The van der Waals surface area contributed by atoms with Crippen molar-refractivity contribution < 1.29 is 14.3 Å². The summed E-state index contributed by atoms with van der Waals surface area (Å²) in [6.45, 7) is 0.700. The number of rotatable bonds is 7. The first-order valence-corrected chi connectivity index (χ1v) is 10.5. The smallest absolute Gasteiger partial charge is 0.278 e. The maximum Gasteiger partial charge on any atom is 0.278 e. The Bertz CT molecular complexity index is 1090. The zero-order valence-electron chi connectivity index (χ0n) is 16.9. The second-order valence-electron chi connectivity index (χ2n) is 7.05. The summed E-state index contributed by atoms with van der Waals surface area (Å²) < 4.78 is 5.41. The molecule has 0 saturated heterocycles. The topological polar surface area (TPSA) is 49.9 Å². The second kappa shape index (κ2) is 8.55. The van der Waals surface area contributed by atoms with E-state index >= 15 is 0 Å². The van der Waals surface area contributed by atoms with Gasteiger partial charge in [0.2, 0.25) is 0 Å². The lowest BCUT2D eigenvalue weighted by Gasteiger charge is -2.22. The lowest BCUT2D eigenvalue weighted by molar-refractivity contribution is -0.138. The molecule has 0 unspecified atom stereocenters. The summed E-state index contributed by atoms with van der Waals surface area (Å²) in [5, 5.41) is 1.91. The summed E-state index contributed by atoms with van der Waals surface area (Å²) in [6, 6.07) is 21.1. The highest BCUT2D eigenvalue weighted by Crippen LogP contribution is 2.35. The molecule has 1 aliphatic heterocycles. The number of amides is 2. The number of hydrogen-bond acceptors (Lipinski definition) is 5. The largest absolute Gasteiger partial charge is 0.496 e. The molecule has 6 heteroatoms. The van der Waals surface area contributed by atoms with Gasteiger partial charge in [-0.1, -0.05) is 54.6 Å². The van der Waals surface area contributed by atoms with Crippen molar-refractivity contribution >= 4 is 28.7 Å². The molecule has 0 aliphatic carbocycles. The number of para-hydroxylation sites is 1. The molecule has 2 amide bonds. The molecular formula is C24H22N2O3S. The van der Waals surface area contributed by atoms with E-state index in [4.69, 9.17) is 4.74 Å². The molecule has 1 aliphatic rings. The third kappa shape index (κ3) is 3.74. The average Bonchev–Trinajstić information content (AvgIpc) is 3.37. The lowest BCUT2D eigenvalue weighted by atomic mass is 10.1. The fraction of sp³-hybridized carbons (Fsp3) is 0.167. The highest BCUT2D eigenvalue weighted by molar-refractivity contribution is 7.11. The summed E-state index contributed by atoms with van der Waals surface area (Å²) in [4.78, 5) is 30.8. The number of imide groups is 1. The molecule has 1 aromatic heterocycles. The van der Waals surface area contributed by atoms with Gasteiger partial charge in [-0.05, 0) is 23.1 Å². The van der Waals surface area contributed by atoms with Crippen LogP contribution in [0.3, 0.4) is 0 Å². The summed E-state index contributed by atoms with van der Waals surface area (Å²) in [6.07, 6.45) is 0. The quantitative estimate of drug-likeness (QED) is 0.541. The van der Waals surface area contributed by atoms with Crippen LogP contribution in [0, 0.1) is 0 Å². The maximum atomic E-state index is 13.4. The van der Waals surface area contributed by atoms with Crippen LogP contribution in [-0.4, -0.2) is 35.8 Å². The van der Waals surface area contributed by atoms with Crippen molar-refractivity contribution in [3.05, 3.63) is 93.8 Å². The predicted molar refractivity (Wildman–Crippen MR) is 118 cm³/mol. The van der Waals surface area contributed by atoms with E-state index in [0.717, 1.165) is 16.0 Å². The second-order valence-corrected chi connectivity index (χ2v) is 8.00. The molecule has 2 aromatic carbocycles. The van der Waals surface area contributed by atoms with Gasteiger partial charge in [-0.25, -0.2) is 0 Å². The molecule has 4 rings (SSSR count). The van der Waals surface area contributed by atoms with Crippen molar-refractivity contribution in [3.8, 4) is 5.75 Å². The molecule has 0 bridgehead atoms. The molecule has 0 atom stereocenters. The number of ether oxygens (including phenoxy) is 1. The Morgan fingerprint density at radius 1 is 0.933 bits per heavy atom. The molecule has 5 nitrogen and oxygen atoms in total. The van der Waals surface area contributed by atoms with Gasteiger partial charge < -0.3 is 9.64 Å². The van der Waals surface area contributed by atoms with E-state index in [9.17, 15) is 9.59 Å². The summed E-state index contributed by atoms with van der Waals surface area (Å²) in [7, 11) is 3.44. The van der Waals surface area contributed by atoms with E-state index in [2.05, 4.69) is 0 Å². The Morgan fingerprint density at radius 2 is 1.67 bits per heavy atom. The third-order valence-electron chi connectivity index (χ3n) is 5.08. The van der Waals surface area contributed by atoms with Crippen molar-refractivity contribution in [3.63, 3.8) is 0 Å². The van der Waals surface area contributed by atoms with Crippen LogP contribution in [0.25, 0.3) is 5.57 Å². The first-order chi connectivity index (χ1) is 14.6. The fourth-order valence-electron chi connectivity index (χ4n) is 3.64. The van der Waals surface area contributed by atoms with Crippen molar-refractivity contribution in [2.75, 3.05) is 14.2 Å². The number of carbonyl (C=O) groups is 2. The highest BCUT2D eigenvalue weighted by Gasteiger charge is 2.41. The first kappa shape index (κ1) is 19.9. The van der Waals surface area contributed by atoms with Gasteiger partial charge in [0, 0.05) is 24.0 Å². The average molecular weight is 419 g/mol. The minimum absolute atomic E-state index is 0.166. The zero-order valence-corrected chi connectivity index (χ0v) is 17.7. The fourth-order valence-corrected chi connectivity index (χ4v) is 4.41. The number of nitrogens with zero attached hydrogens (tertiary/aromatic N) is 2. The number of methoxy groups -OCH3 is 1. The summed E-state index contributed by atoms with van der Waals surface area (Å²) in [5.41, 5.74) is 2.75. The van der Waals surface area contributed by atoms with Gasteiger partial charge in [-0.3, -0.25) is 14.5 Å². The zero-order chi connectivity index (χ0) is 21.1. The molecule has 0 saturated carbocycles. The Morgan fingerprint density at radius 3 is 2.37 bits per heavy atom. The number of hydrogen-bond donors (Lipinski definition) is 0. The van der Waals surface area contributed by atoms with E-state index in [1.807, 2.05) is 84.1 Å². The normalized spacial score (nSPS) is 13.9. The monoisotopic (exact) mass is 418 g/mol. The summed E-state index contributed by atoms with van der Waals surface area (Å²) >= 11 is 1.46. The number of benzene rings is 2. The molecule has 0 fully saturated rings. The lowest BCUT2D eigenvalue weighted by Crippen LogP contribution is -2.33. The molecular weight excluding hydrogens is 396 g/mol. The Balaban J connectivity index is 1.70. The third-order valence-corrected chi connectivity index (χ3v) is 5.96. The standard InChI is InChI=1S/C24H22N2O3S/c1-25(15-17-9-4-3-5-10-17)22-21(20-13-8-14-30-20)23(27)26(24(22)28)16-18-11-6-7-12-19(18)29-2/h3-14H,15-16H2,1-2H3. The summed E-state index contributed by atoms with van der Waals surface area (Å²) in [5.74, 6) is 0.0952. The molecule has 30 heavy (non-hydrogen) atoms. The van der Waals surface area contributed by atoms with Gasteiger partial charge >= 0.3 is 0 Å².